The molecule has 0 fully saturated rings. The molecule has 96 valence electrons. The van der Waals surface area contributed by atoms with Crippen molar-refractivity contribution < 1.29 is 9.59 Å². The van der Waals surface area contributed by atoms with Gasteiger partial charge in [0.05, 0.1) is 0 Å². The summed E-state index contributed by atoms with van der Waals surface area (Å²) in [6, 6.07) is 0. The Morgan fingerprint density at radius 2 is 1.47 bits per heavy atom. The first-order chi connectivity index (χ1) is 7.85. The predicted molar refractivity (Wildman–Crippen MR) is 69.4 cm³/mol. The van der Waals surface area contributed by atoms with Crippen LogP contribution in [0, 0.1) is 5.41 Å². The van der Waals surface area contributed by atoms with Gasteiger partial charge >= 0.3 is 0 Å². The Labute approximate surface area is 103 Å². The molecule has 0 aliphatic heterocycles. The summed E-state index contributed by atoms with van der Waals surface area (Å²) in [5.74, 6) is -0.312. The summed E-state index contributed by atoms with van der Waals surface area (Å²) in [6.45, 7) is 9.21. The van der Waals surface area contributed by atoms with Crippen LogP contribution < -0.4 is 10.6 Å². The lowest BCUT2D eigenvalue weighted by molar-refractivity contribution is -0.117. The fourth-order valence-corrected chi connectivity index (χ4v) is 0.930. The van der Waals surface area contributed by atoms with Gasteiger partial charge in [-0.3, -0.25) is 9.59 Å². The first-order valence-electron chi connectivity index (χ1n) is 5.75. The minimum Gasteiger partial charge on any atom is -0.353 e. The van der Waals surface area contributed by atoms with Gasteiger partial charge in [-0.1, -0.05) is 32.9 Å². The van der Waals surface area contributed by atoms with Crippen molar-refractivity contribution >= 4 is 11.8 Å². The number of carbonyl (C=O) groups is 2. The lowest BCUT2D eigenvalue weighted by atomic mass is 9.97. The third kappa shape index (κ3) is 10.7. The zero-order valence-corrected chi connectivity index (χ0v) is 11.0. The van der Waals surface area contributed by atoms with Gasteiger partial charge in [0, 0.05) is 25.2 Å². The number of carbonyl (C=O) groups excluding carboxylic acids is 2. The van der Waals surface area contributed by atoms with Crippen LogP contribution in [-0.4, -0.2) is 24.9 Å². The Balaban J connectivity index is 3.93. The summed E-state index contributed by atoms with van der Waals surface area (Å²) in [6.07, 6.45) is 5.88. The SMILES string of the molecule is CCNC(=O)/C=C\C=C/C(=O)NCC(C)(C)C. The smallest absolute Gasteiger partial charge is 0.243 e. The number of hydrogen-bond acceptors (Lipinski definition) is 2. The minimum atomic E-state index is -0.160. The van der Waals surface area contributed by atoms with E-state index in [9.17, 15) is 9.59 Å². The van der Waals surface area contributed by atoms with E-state index in [1.54, 1.807) is 12.2 Å². The average molecular weight is 238 g/mol. The molecule has 0 aliphatic carbocycles. The Morgan fingerprint density at radius 1 is 1.00 bits per heavy atom. The number of hydrogen-bond donors (Lipinski definition) is 2. The predicted octanol–water partition coefficient (Wildman–Crippen LogP) is 1.40. The summed E-state index contributed by atoms with van der Waals surface area (Å²) in [5.41, 5.74) is 0.0698. The molecule has 2 N–H and O–H groups in total. The number of allylic oxidation sites excluding steroid dienone is 2. The van der Waals surface area contributed by atoms with E-state index in [2.05, 4.69) is 10.6 Å². The summed E-state index contributed by atoms with van der Waals surface area (Å²) in [5, 5.41) is 5.39. The maximum atomic E-state index is 11.3. The molecule has 0 aliphatic rings. The molecule has 0 rings (SSSR count). The van der Waals surface area contributed by atoms with E-state index < -0.39 is 0 Å². The summed E-state index contributed by atoms with van der Waals surface area (Å²) in [7, 11) is 0. The third-order valence-electron chi connectivity index (χ3n) is 1.75. The van der Waals surface area contributed by atoms with Crippen LogP contribution in [0.2, 0.25) is 0 Å². The highest BCUT2D eigenvalue weighted by Gasteiger charge is 2.09. The van der Waals surface area contributed by atoms with Gasteiger partial charge in [-0.2, -0.15) is 0 Å². The highest BCUT2D eigenvalue weighted by atomic mass is 16.2. The van der Waals surface area contributed by atoms with Crippen molar-refractivity contribution in [2.45, 2.75) is 27.7 Å². The Kier molecular flexibility index (Phi) is 6.94. The van der Waals surface area contributed by atoms with Gasteiger partial charge in [-0.15, -0.1) is 0 Å². The fourth-order valence-electron chi connectivity index (χ4n) is 0.930. The van der Waals surface area contributed by atoms with Crippen molar-refractivity contribution in [1.82, 2.24) is 10.6 Å². The molecule has 0 spiro atoms. The Hall–Kier alpha value is -1.58. The standard InChI is InChI=1S/C13H22N2O2/c1-5-14-11(16)8-6-7-9-12(17)15-10-13(2,3)4/h6-9H,5,10H2,1-4H3,(H,14,16)(H,15,17)/b8-6-,9-7-. The first kappa shape index (κ1) is 15.4. The van der Waals surface area contributed by atoms with Crippen LogP contribution in [0.15, 0.2) is 24.3 Å². The molecule has 0 radical (unpaired) electrons. The van der Waals surface area contributed by atoms with E-state index in [-0.39, 0.29) is 17.2 Å². The van der Waals surface area contributed by atoms with Gasteiger partial charge < -0.3 is 10.6 Å². The molecule has 17 heavy (non-hydrogen) atoms. The van der Waals surface area contributed by atoms with E-state index in [4.69, 9.17) is 0 Å². The second-order valence-electron chi connectivity index (χ2n) is 4.89. The van der Waals surface area contributed by atoms with Crippen molar-refractivity contribution in [3.05, 3.63) is 24.3 Å². The van der Waals surface area contributed by atoms with E-state index in [0.717, 1.165) is 0 Å². The molecule has 0 heterocycles. The lowest BCUT2D eigenvalue weighted by Crippen LogP contribution is -2.30. The molecular weight excluding hydrogens is 216 g/mol. The van der Waals surface area contributed by atoms with Gasteiger partial charge in [-0.25, -0.2) is 0 Å². The van der Waals surface area contributed by atoms with Gasteiger partial charge in [-0.05, 0) is 12.3 Å². The molecule has 4 heteroatoms. The van der Waals surface area contributed by atoms with Crippen LogP contribution in [-0.2, 0) is 9.59 Å². The highest BCUT2D eigenvalue weighted by molar-refractivity contribution is 5.89. The van der Waals surface area contributed by atoms with Gasteiger partial charge in [0.25, 0.3) is 0 Å². The highest BCUT2D eigenvalue weighted by Crippen LogP contribution is 2.09. The van der Waals surface area contributed by atoms with Crippen LogP contribution in [0.3, 0.4) is 0 Å². The third-order valence-corrected chi connectivity index (χ3v) is 1.75. The number of nitrogens with one attached hydrogen (secondary N) is 2. The van der Waals surface area contributed by atoms with Crippen molar-refractivity contribution in [3.63, 3.8) is 0 Å². The van der Waals surface area contributed by atoms with Crippen LogP contribution in [0.1, 0.15) is 27.7 Å². The molecule has 0 unspecified atom stereocenters. The fraction of sp³-hybridized carbons (Fsp3) is 0.538. The molecule has 0 saturated heterocycles. The molecule has 0 aromatic rings. The van der Waals surface area contributed by atoms with Crippen LogP contribution in [0.5, 0.6) is 0 Å². The van der Waals surface area contributed by atoms with Crippen molar-refractivity contribution in [1.29, 1.82) is 0 Å². The Morgan fingerprint density at radius 3 is 1.88 bits per heavy atom. The van der Waals surface area contributed by atoms with Crippen LogP contribution in [0.4, 0.5) is 0 Å². The van der Waals surface area contributed by atoms with E-state index in [1.165, 1.54) is 12.2 Å². The monoisotopic (exact) mass is 238 g/mol. The maximum Gasteiger partial charge on any atom is 0.243 e. The topological polar surface area (TPSA) is 58.2 Å². The normalized spacial score (nSPS) is 12.0. The van der Waals surface area contributed by atoms with E-state index >= 15 is 0 Å². The number of likely N-dealkylation sites (N-methyl/N-ethyl adjacent to an activating group) is 1. The number of amides is 2. The van der Waals surface area contributed by atoms with Crippen molar-refractivity contribution in [2.75, 3.05) is 13.1 Å². The van der Waals surface area contributed by atoms with E-state index in [0.29, 0.717) is 13.1 Å². The molecule has 0 atom stereocenters. The van der Waals surface area contributed by atoms with Crippen molar-refractivity contribution in [3.8, 4) is 0 Å². The molecule has 0 aromatic carbocycles. The molecule has 0 saturated carbocycles. The summed E-state index contributed by atoms with van der Waals surface area (Å²) < 4.78 is 0. The maximum absolute atomic E-state index is 11.3. The Bertz CT molecular complexity index is 312. The van der Waals surface area contributed by atoms with Gasteiger partial charge in [0.1, 0.15) is 0 Å². The summed E-state index contributed by atoms with van der Waals surface area (Å²) in [4.78, 5) is 22.3. The van der Waals surface area contributed by atoms with E-state index in [1.807, 2.05) is 27.7 Å². The van der Waals surface area contributed by atoms with Crippen molar-refractivity contribution in [2.24, 2.45) is 5.41 Å². The molecule has 0 aromatic heterocycles. The second kappa shape index (κ2) is 7.65. The largest absolute Gasteiger partial charge is 0.353 e. The minimum absolute atomic E-state index is 0.0698. The molecule has 0 bridgehead atoms. The van der Waals surface area contributed by atoms with Gasteiger partial charge in [0.2, 0.25) is 11.8 Å². The molecule has 2 amide bonds. The van der Waals surface area contributed by atoms with Gasteiger partial charge in [0.15, 0.2) is 0 Å². The molecular formula is C13H22N2O2. The second-order valence-corrected chi connectivity index (χ2v) is 4.89. The number of rotatable bonds is 5. The quantitative estimate of drug-likeness (QED) is 0.562. The average Bonchev–Trinajstić information content (AvgIpc) is 2.21. The zero-order valence-electron chi connectivity index (χ0n) is 11.0. The lowest BCUT2D eigenvalue weighted by Gasteiger charge is -2.17. The molecule has 4 nitrogen and oxygen atoms in total. The van der Waals surface area contributed by atoms with Crippen LogP contribution in [0.25, 0.3) is 0 Å². The van der Waals surface area contributed by atoms with Crippen LogP contribution >= 0.6 is 0 Å². The summed E-state index contributed by atoms with van der Waals surface area (Å²) >= 11 is 0. The first-order valence-corrected chi connectivity index (χ1v) is 5.75. The zero-order chi connectivity index (χ0) is 13.3.